The standard InChI is InChI=1S/C14H16N2O2S/c1-4-18-12-7-5-6-11(8-12)13(17)16-14-15-9(2)10(3)19-14/h5-8H,4H2,1-3H3,(H,15,16,17). The van der Waals surface area contributed by atoms with Gasteiger partial charge in [-0.3, -0.25) is 10.1 Å². The summed E-state index contributed by atoms with van der Waals surface area (Å²) in [5, 5.41) is 3.43. The lowest BCUT2D eigenvalue weighted by Crippen LogP contribution is -2.11. The Morgan fingerprint density at radius 3 is 2.84 bits per heavy atom. The van der Waals surface area contributed by atoms with Crippen molar-refractivity contribution in [2.24, 2.45) is 0 Å². The van der Waals surface area contributed by atoms with E-state index in [0.717, 1.165) is 10.6 Å². The van der Waals surface area contributed by atoms with Crippen LogP contribution in [0.2, 0.25) is 0 Å². The maximum absolute atomic E-state index is 12.1. The number of amides is 1. The van der Waals surface area contributed by atoms with Crippen LogP contribution in [0.4, 0.5) is 5.13 Å². The number of nitrogens with zero attached hydrogens (tertiary/aromatic N) is 1. The summed E-state index contributed by atoms with van der Waals surface area (Å²) in [6.45, 7) is 6.40. The third kappa shape index (κ3) is 3.32. The molecule has 0 radical (unpaired) electrons. The summed E-state index contributed by atoms with van der Waals surface area (Å²) in [5.41, 5.74) is 1.51. The maximum Gasteiger partial charge on any atom is 0.257 e. The molecule has 5 heteroatoms. The van der Waals surface area contributed by atoms with Crippen molar-refractivity contribution in [2.75, 3.05) is 11.9 Å². The van der Waals surface area contributed by atoms with Crippen molar-refractivity contribution in [2.45, 2.75) is 20.8 Å². The van der Waals surface area contributed by atoms with Crippen molar-refractivity contribution < 1.29 is 9.53 Å². The van der Waals surface area contributed by atoms with Gasteiger partial charge < -0.3 is 4.74 Å². The zero-order valence-electron chi connectivity index (χ0n) is 11.2. The third-order valence-corrected chi connectivity index (χ3v) is 3.64. The minimum absolute atomic E-state index is 0.171. The first-order valence-electron chi connectivity index (χ1n) is 6.08. The minimum atomic E-state index is -0.171. The zero-order valence-corrected chi connectivity index (χ0v) is 12.0. The highest BCUT2D eigenvalue weighted by Gasteiger charge is 2.10. The molecule has 19 heavy (non-hydrogen) atoms. The first-order valence-corrected chi connectivity index (χ1v) is 6.90. The average molecular weight is 276 g/mol. The van der Waals surface area contributed by atoms with Gasteiger partial charge in [0.15, 0.2) is 5.13 Å². The Morgan fingerprint density at radius 1 is 1.42 bits per heavy atom. The molecule has 1 heterocycles. The van der Waals surface area contributed by atoms with E-state index in [1.54, 1.807) is 18.2 Å². The van der Waals surface area contributed by atoms with Crippen LogP contribution in [0, 0.1) is 13.8 Å². The van der Waals surface area contributed by atoms with Crippen LogP contribution in [0.25, 0.3) is 0 Å². The second-order valence-corrected chi connectivity index (χ2v) is 5.28. The number of aryl methyl sites for hydroxylation is 2. The molecule has 0 fully saturated rings. The van der Waals surface area contributed by atoms with Gasteiger partial charge >= 0.3 is 0 Å². The molecule has 0 atom stereocenters. The summed E-state index contributed by atoms with van der Waals surface area (Å²) in [5.74, 6) is 0.525. The first-order chi connectivity index (χ1) is 9.10. The van der Waals surface area contributed by atoms with Gasteiger partial charge in [0.25, 0.3) is 5.91 Å². The predicted octanol–water partition coefficient (Wildman–Crippen LogP) is 3.41. The van der Waals surface area contributed by atoms with Crippen LogP contribution in [0.5, 0.6) is 5.75 Å². The van der Waals surface area contributed by atoms with Crippen molar-refractivity contribution in [1.29, 1.82) is 0 Å². The Bertz CT molecular complexity index is 573. The lowest BCUT2D eigenvalue weighted by molar-refractivity contribution is 0.102. The molecule has 1 N–H and O–H groups in total. The number of carbonyl (C=O) groups is 1. The van der Waals surface area contributed by atoms with Crippen molar-refractivity contribution in [3.63, 3.8) is 0 Å². The van der Waals surface area contributed by atoms with Gasteiger partial charge in [-0.2, -0.15) is 0 Å². The number of carbonyl (C=O) groups excluding carboxylic acids is 1. The molecule has 1 amide bonds. The summed E-state index contributed by atoms with van der Waals surface area (Å²) in [6, 6.07) is 7.12. The topological polar surface area (TPSA) is 51.2 Å². The normalized spacial score (nSPS) is 10.3. The fraction of sp³-hybridized carbons (Fsp3) is 0.286. The Hall–Kier alpha value is -1.88. The van der Waals surface area contributed by atoms with Gasteiger partial charge in [-0.15, -0.1) is 11.3 Å². The predicted molar refractivity (Wildman–Crippen MR) is 77.2 cm³/mol. The molecule has 4 nitrogen and oxygen atoms in total. The molecule has 1 aromatic heterocycles. The van der Waals surface area contributed by atoms with Crippen LogP contribution in [0.3, 0.4) is 0 Å². The molecule has 0 spiro atoms. The quantitative estimate of drug-likeness (QED) is 0.931. The Balaban J connectivity index is 2.13. The molecule has 1 aromatic carbocycles. The number of rotatable bonds is 4. The molecule has 100 valence electrons. The highest BCUT2D eigenvalue weighted by Crippen LogP contribution is 2.22. The van der Waals surface area contributed by atoms with Crippen molar-refractivity contribution in [1.82, 2.24) is 4.98 Å². The van der Waals surface area contributed by atoms with E-state index in [-0.39, 0.29) is 5.91 Å². The first kappa shape index (κ1) is 13.5. The summed E-state index contributed by atoms with van der Waals surface area (Å²) in [4.78, 5) is 17.5. The smallest absolute Gasteiger partial charge is 0.257 e. The SMILES string of the molecule is CCOc1cccc(C(=O)Nc2nc(C)c(C)s2)c1. The van der Waals surface area contributed by atoms with Gasteiger partial charge in [0.1, 0.15) is 5.75 Å². The summed E-state index contributed by atoms with van der Waals surface area (Å²) in [6.07, 6.45) is 0. The van der Waals surface area contributed by atoms with Gasteiger partial charge in [-0.25, -0.2) is 4.98 Å². The van der Waals surface area contributed by atoms with E-state index in [4.69, 9.17) is 4.74 Å². The molecular weight excluding hydrogens is 260 g/mol. The third-order valence-electron chi connectivity index (χ3n) is 2.66. The van der Waals surface area contributed by atoms with Crippen LogP contribution in [0.15, 0.2) is 24.3 Å². The maximum atomic E-state index is 12.1. The molecule has 0 aliphatic rings. The Labute approximate surface area is 116 Å². The van der Waals surface area contributed by atoms with E-state index in [9.17, 15) is 4.79 Å². The molecule has 0 bridgehead atoms. The van der Waals surface area contributed by atoms with Crippen LogP contribution >= 0.6 is 11.3 Å². The molecule has 0 saturated carbocycles. The number of aromatic nitrogens is 1. The lowest BCUT2D eigenvalue weighted by atomic mass is 10.2. The summed E-state index contributed by atoms with van der Waals surface area (Å²) in [7, 11) is 0. The van der Waals surface area contributed by atoms with Gasteiger partial charge in [-0.05, 0) is 39.0 Å². The van der Waals surface area contributed by atoms with Crippen LogP contribution in [0.1, 0.15) is 27.9 Å². The van der Waals surface area contributed by atoms with Crippen LogP contribution < -0.4 is 10.1 Å². The van der Waals surface area contributed by atoms with Gasteiger partial charge in [0.05, 0.1) is 12.3 Å². The van der Waals surface area contributed by atoms with Crippen LogP contribution in [-0.2, 0) is 0 Å². The monoisotopic (exact) mass is 276 g/mol. The van der Waals surface area contributed by atoms with Crippen LogP contribution in [-0.4, -0.2) is 17.5 Å². The fourth-order valence-corrected chi connectivity index (χ4v) is 2.40. The zero-order chi connectivity index (χ0) is 13.8. The van der Waals surface area contributed by atoms with E-state index in [1.165, 1.54) is 11.3 Å². The van der Waals surface area contributed by atoms with Crippen molar-refractivity contribution in [3.8, 4) is 5.75 Å². The largest absolute Gasteiger partial charge is 0.494 e. The molecule has 0 aliphatic heterocycles. The number of ether oxygens (including phenoxy) is 1. The number of thiazole rings is 1. The van der Waals surface area contributed by atoms with E-state index in [1.807, 2.05) is 26.8 Å². The second kappa shape index (κ2) is 5.84. The van der Waals surface area contributed by atoms with Gasteiger partial charge in [-0.1, -0.05) is 6.07 Å². The van der Waals surface area contributed by atoms with E-state index in [2.05, 4.69) is 10.3 Å². The fourth-order valence-electron chi connectivity index (χ4n) is 1.59. The van der Waals surface area contributed by atoms with Crippen molar-refractivity contribution in [3.05, 3.63) is 40.4 Å². The molecule has 0 saturated heterocycles. The van der Waals surface area contributed by atoms with Gasteiger partial charge in [0.2, 0.25) is 0 Å². The Kier molecular flexibility index (Phi) is 4.16. The summed E-state index contributed by atoms with van der Waals surface area (Å²) < 4.78 is 5.38. The van der Waals surface area contributed by atoms with E-state index < -0.39 is 0 Å². The Morgan fingerprint density at radius 2 is 2.21 bits per heavy atom. The molecular formula is C14H16N2O2S. The average Bonchev–Trinajstić information content (AvgIpc) is 2.69. The molecule has 2 rings (SSSR count). The highest BCUT2D eigenvalue weighted by molar-refractivity contribution is 7.15. The van der Waals surface area contributed by atoms with Gasteiger partial charge in [0, 0.05) is 10.4 Å². The molecule has 2 aromatic rings. The number of hydrogen-bond donors (Lipinski definition) is 1. The molecule has 0 aliphatic carbocycles. The van der Waals surface area contributed by atoms with Crippen molar-refractivity contribution >= 4 is 22.4 Å². The lowest BCUT2D eigenvalue weighted by Gasteiger charge is -2.05. The highest BCUT2D eigenvalue weighted by atomic mass is 32.1. The minimum Gasteiger partial charge on any atom is -0.494 e. The number of benzene rings is 1. The number of hydrogen-bond acceptors (Lipinski definition) is 4. The van der Waals surface area contributed by atoms with E-state index >= 15 is 0 Å². The van der Waals surface area contributed by atoms with E-state index in [0.29, 0.717) is 23.1 Å². The number of nitrogens with one attached hydrogen (secondary N) is 1. The second-order valence-electron chi connectivity index (χ2n) is 4.08. The number of anilines is 1. The molecule has 0 unspecified atom stereocenters. The summed E-state index contributed by atoms with van der Waals surface area (Å²) >= 11 is 1.48.